The molecule has 0 bridgehead atoms. The minimum Gasteiger partial charge on any atom is -0.330 e. The standard InChI is InChI=1S/C11H22N2/c1-2-8-13-9-5-11(6-10-13)4-3-7-12/h4H,2-3,5-10,12H2,1H3. The molecule has 0 radical (unpaired) electrons. The number of piperidine rings is 1. The molecule has 1 rings (SSSR count). The lowest BCUT2D eigenvalue weighted by Gasteiger charge is -2.27. The van der Waals surface area contributed by atoms with E-state index in [1.54, 1.807) is 5.57 Å². The number of likely N-dealkylation sites (tertiary alicyclic amines) is 1. The number of nitrogens with zero attached hydrogens (tertiary/aromatic N) is 1. The number of hydrogen-bond acceptors (Lipinski definition) is 2. The molecule has 1 aliphatic heterocycles. The minimum absolute atomic E-state index is 0.794. The van der Waals surface area contributed by atoms with E-state index in [9.17, 15) is 0 Å². The molecule has 1 saturated heterocycles. The predicted octanol–water partition coefficient (Wildman–Crippen LogP) is 1.77. The van der Waals surface area contributed by atoms with Crippen LogP contribution >= 0.6 is 0 Å². The van der Waals surface area contributed by atoms with Crippen LogP contribution in [-0.2, 0) is 0 Å². The quantitative estimate of drug-likeness (QED) is 0.671. The van der Waals surface area contributed by atoms with E-state index < -0.39 is 0 Å². The highest BCUT2D eigenvalue weighted by molar-refractivity contribution is 5.05. The number of rotatable bonds is 4. The Bertz CT molecular complexity index is 153. The van der Waals surface area contributed by atoms with Gasteiger partial charge in [0, 0.05) is 13.1 Å². The average Bonchev–Trinajstić information content (AvgIpc) is 2.17. The van der Waals surface area contributed by atoms with Crippen LogP contribution in [0.25, 0.3) is 0 Å². The zero-order valence-electron chi connectivity index (χ0n) is 8.76. The van der Waals surface area contributed by atoms with E-state index >= 15 is 0 Å². The molecule has 0 aromatic heterocycles. The predicted molar refractivity (Wildman–Crippen MR) is 57.7 cm³/mol. The van der Waals surface area contributed by atoms with Crippen LogP contribution in [0.4, 0.5) is 0 Å². The van der Waals surface area contributed by atoms with Gasteiger partial charge in [-0.15, -0.1) is 0 Å². The van der Waals surface area contributed by atoms with Gasteiger partial charge in [0.05, 0.1) is 0 Å². The zero-order chi connectivity index (χ0) is 9.52. The first-order valence-electron chi connectivity index (χ1n) is 5.47. The molecule has 76 valence electrons. The lowest BCUT2D eigenvalue weighted by atomic mass is 10.0. The van der Waals surface area contributed by atoms with Gasteiger partial charge in [-0.2, -0.15) is 0 Å². The summed E-state index contributed by atoms with van der Waals surface area (Å²) in [5, 5.41) is 0. The number of hydrogen-bond donors (Lipinski definition) is 1. The average molecular weight is 182 g/mol. The topological polar surface area (TPSA) is 29.3 Å². The SMILES string of the molecule is CCCN1CCC(=CCCN)CC1. The molecule has 0 aromatic rings. The van der Waals surface area contributed by atoms with Crippen LogP contribution in [0, 0.1) is 0 Å². The molecule has 0 amide bonds. The Hall–Kier alpha value is -0.340. The molecule has 0 aromatic carbocycles. The molecule has 2 N–H and O–H groups in total. The maximum atomic E-state index is 5.47. The third-order valence-corrected chi connectivity index (χ3v) is 2.64. The highest BCUT2D eigenvalue weighted by atomic mass is 15.1. The van der Waals surface area contributed by atoms with Crippen molar-refractivity contribution in [1.82, 2.24) is 4.90 Å². The molecule has 0 saturated carbocycles. The molecule has 0 atom stereocenters. The van der Waals surface area contributed by atoms with E-state index in [4.69, 9.17) is 5.73 Å². The summed E-state index contributed by atoms with van der Waals surface area (Å²) >= 11 is 0. The first-order valence-corrected chi connectivity index (χ1v) is 5.47. The maximum Gasteiger partial charge on any atom is 0.00187 e. The molecule has 1 aliphatic rings. The summed E-state index contributed by atoms with van der Waals surface area (Å²) in [6.07, 6.45) is 7.20. The summed E-state index contributed by atoms with van der Waals surface area (Å²) in [6, 6.07) is 0. The molecule has 1 fully saturated rings. The number of nitrogens with two attached hydrogens (primary N) is 1. The lowest BCUT2D eigenvalue weighted by molar-refractivity contribution is 0.256. The van der Waals surface area contributed by atoms with Gasteiger partial charge in [0.25, 0.3) is 0 Å². The van der Waals surface area contributed by atoms with Crippen molar-refractivity contribution < 1.29 is 0 Å². The van der Waals surface area contributed by atoms with Crippen LogP contribution in [0.2, 0.25) is 0 Å². The molecule has 0 unspecified atom stereocenters. The van der Waals surface area contributed by atoms with Crippen molar-refractivity contribution in [1.29, 1.82) is 0 Å². The van der Waals surface area contributed by atoms with Crippen LogP contribution in [0.5, 0.6) is 0 Å². The highest BCUT2D eigenvalue weighted by Crippen LogP contribution is 2.16. The fourth-order valence-electron chi connectivity index (χ4n) is 1.87. The van der Waals surface area contributed by atoms with E-state index in [1.165, 1.54) is 38.9 Å². The van der Waals surface area contributed by atoms with Crippen LogP contribution < -0.4 is 5.73 Å². The van der Waals surface area contributed by atoms with Gasteiger partial charge < -0.3 is 10.6 Å². The normalized spacial score (nSPS) is 19.1. The Morgan fingerprint density at radius 1 is 1.38 bits per heavy atom. The molecular weight excluding hydrogens is 160 g/mol. The van der Waals surface area contributed by atoms with E-state index in [-0.39, 0.29) is 0 Å². The van der Waals surface area contributed by atoms with Gasteiger partial charge in [0.15, 0.2) is 0 Å². The highest BCUT2D eigenvalue weighted by Gasteiger charge is 2.11. The van der Waals surface area contributed by atoms with Crippen molar-refractivity contribution >= 4 is 0 Å². The molecular formula is C11H22N2. The van der Waals surface area contributed by atoms with Gasteiger partial charge >= 0.3 is 0 Å². The van der Waals surface area contributed by atoms with Crippen molar-refractivity contribution in [3.63, 3.8) is 0 Å². The third-order valence-electron chi connectivity index (χ3n) is 2.64. The third kappa shape index (κ3) is 3.92. The lowest BCUT2D eigenvalue weighted by Crippen LogP contribution is -2.31. The van der Waals surface area contributed by atoms with E-state index in [0.717, 1.165) is 13.0 Å². The van der Waals surface area contributed by atoms with E-state index in [0.29, 0.717) is 0 Å². The van der Waals surface area contributed by atoms with Gasteiger partial charge in [-0.25, -0.2) is 0 Å². The van der Waals surface area contributed by atoms with Crippen LogP contribution in [-0.4, -0.2) is 31.1 Å². The van der Waals surface area contributed by atoms with Gasteiger partial charge in [0.1, 0.15) is 0 Å². The zero-order valence-corrected chi connectivity index (χ0v) is 8.76. The summed E-state index contributed by atoms with van der Waals surface area (Å²) in [4.78, 5) is 2.56. The Morgan fingerprint density at radius 2 is 2.08 bits per heavy atom. The molecule has 0 spiro atoms. The molecule has 2 nitrogen and oxygen atoms in total. The first kappa shape index (κ1) is 10.7. The monoisotopic (exact) mass is 182 g/mol. The Morgan fingerprint density at radius 3 is 2.62 bits per heavy atom. The van der Waals surface area contributed by atoms with Crippen molar-refractivity contribution in [2.75, 3.05) is 26.2 Å². The molecule has 0 aliphatic carbocycles. The van der Waals surface area contributed by atoms with Crippen molar-refractivity contribution in [3.05, 3.63) is 11.6 Å². The molecule has 2 heteroatoms. The fourth-order valence-corrected chi connectivity index (χ4v) is 1.87. The fraction of sp³-hybridized carbons (Fsp3) is 0.818. The van der Waals surface area contributed by atoms with Gasteiger partial charge in [-0.05, 0) is 38.8 Å². The minimum atomic E-state index is 0.794. The smallest absolute Gasteiger partial charge is 0.00187 e. The summed E-state index contributed by atoms with van der Waals surface area (Å²) in [5.41, 5.74) is 7.09. The van der Waals surface area contributed by atoms with Crippen LogP contribution in [0.1, 0.15) is 32.6 Å². The summed E-state index contributed by atoms with van der Waals surface area (Å²) < 4.78 is 0. The second kappa shape index (κ2) is 6.17. The van der Waals surface area contributed by atoms with Crippen molar-refractivity contribution in [2.24, 2.45) is 5.73 Å². The largest absolute Gasteiger partial charge is 0.330 e. The van der Waals surface area contributed by atoms with Crippen LogP contribution in [0.3, 0.4) is 0 Å². The van der Waals surface area contributed by atoms with E-state index in [1.807, 2.05) is 0 Å². The van der Waals surface area contributed by atoms with Gasteiger partial charge in [-0.1, -0.05) is 18.6 Å². The first-order chi connectivity index (χ1) is 6.36. The Balaban J connectivity index is 2.22. The van der Waals surface area contributed by atoms with E-state index in [2.05, 4.69) is 17.9 Å². The van der Waals surface area contributed by atoms with Gasteiger partial charge in [-0.3, -0.25) is 0 Å². The van der Waals surface area contributed by atoms with Crippen LogP contribution in [0.15, 0.2) is 11.6 Å². The van der Waals surface area contributed by atoms with Crippen molar-refractivity contribution in [2.45, 2.75) is 32.6 Å². The Kier molecular flexibility index (Phi) is 5.09. The van der Waals surface area contributed by atoms with Crippen molar-refractivity contribution in [3.8, 4) is 0 Å². The summed E-state index contributed by atoms with van der Waals surface area (Å²) in [5.74, 6) is 0. The second-order valence-corrected chi connectivity index (χ2v) is 3.78. The summed E-state index contributed by atoms with van der Waals surface area (Å²) in [6.45, 7) is 6.82. The summed E-state index contributed by atoms with van der Waals surface area (Å²) in [7, 11) is 0. The van der Waals surface area contributed by atoms with Gasteiger partial charge in [0.2, 0.25) is 0 Å². The maximum absolute atomic E-state index is 5.47. The molecule has 1 heterocycles. The Labute approximate surface area is 81.8 Å². The second-order valence-electron chi connectivity index (χ2n) is 3.78. The molecule has 13 heavy (non-hydrogen) atoms.